The maximum atomic E-state index is 2.50. The molecule has 4 aromatic rings. The van der Waals surface area contributed by atoms with E-state index in [0.29, 0.717) is 3.86 Å². The van der Waals surface area contributed by atoms with Gasteiger partial charge in [-0.3, -0.25) is 0 Å². The van der Waals surface area contributed by atoms with Crippen LogP contribution >= 0.6 is 0 Å². The van der Waals surface area contributed by atoms with Crippen LogP contribution in [0.1, 0.15) is 128 Å². The van der Waals surface area contributed by atoms with E-state index in [9.17, 15) is 0 Å². The van der Waals surface area contributed by atoms with Gasteiger partial charge in [-0.2, -0.15) is 0 Å². The van der Waals surface area contributed by atoms with E-state index in [-0.39, 0.29) is 21.7 Å². The molecular weight excluding hydrogens is 674 g/mol. The Bertz CT molecular complexity index is 1620. The molecule has 1 aliphatic rings. The Morgan fingerprint density at radius 3 is 1.00 bits per heavy atom. The van der Waals surface area contributed by atoms with Crippen LogP contribution in [0.25, 0.3) is 11.1 Å². The molecule has 0 saturated heterocycles. The maximum absolute atomic E-state index is 2.50. The molecule has 0 bridgehead atoms. The first-order valence-electron chi connectivity index (χ1n) is 17.3. The molecule has 1 heteroatoms. The predicted molar refractivity (Wildman–Crippen MR) is 209 cm³/mol. The van der Waals surface area contributed by atoms with Gasteiger partial charge in [-0.05, 0) is 0 Å². The van der Waals surface area contributed by atoms with Gasteiger partial charge in [0.15, 0.2) is 0 Å². The fraction of sp³-hybridized carbons (Fsp3) is 0.370. The van der Waals surface area contributed by atoms with Gasteiger partial charge in [0.1, 0.15) is 0 Å². The molecule has 0 radical (unpaired) electrons. The quantitative estimate of drug-likeness (QED) is 0.180. The molecule has 244 valence electrons. The summed E-state index contributed by atoms with van der Waals surface area (Å²) < 4.78 is 1.89. The second-order valence-corrected chi connectivity index (χ2v) is 20.9. The van der Waals surface area contributed by atoms with E-state index in [1.807, 2.05) is 0 Å². The van der Waals surface area contributed by atoms with Crippen molar-refractivity contribution in [1.29, 1.82) is 0 Å². The third-order valence-electron chi connectivity index (χ3n) is 9.38. The van der Waals surface area contributed by atoms with E-state index in [1.54, 1.807) is 0 Å². The van der Waals surface area contributed by atoms with Crippen molar-refractivity contribution in [1.82, 2.24) is 0 Å². The van der Waals surface area contributed by atoms with E-state index < -0.39 is 21.1 Å². The zero-order chi connectivity index (χ0) is 34.4. The summed E-state index contributed by atoms with van der Waals surface area (Å²) >= 11 is -1.03. The average molecular weight is 730 g/mol. The molecule has 0 amide bonds. The molecule has 0 saturated carbocycles. The summed E-state index contributed by atoms with van der Waals surface area (Å²) in [7, 11) is 0. The molecule has 0 unspecified atom stereocenters. The monoisotopic (exact) mass is 728 g/mol. The molecule has 5 rings (SSSR count). The number of hydrogen-bond acceptors (Lipinski definition) is 0. The van der Waals surface area contributed by atoms with Crippen LogP contribution in [0.3, 0.4) is 0 Å². The topological polar surface area (TPSA) is 0 Å². The fourth-order valence-electron chi connectivity index (χ4n) is 6.13. The molecule has 0 aliphatic heterocycles. The second kappa shape index (κ2) is 13.2. The van der Waals surface area contributed by atoms with Crippen LogP contribution in [0.15, 0.2) is 109 Å². The van der Waals surface area contributed by atoms with Crippen LogP contribution in [0, 0.1) is 0 Å². The Morgan fingerprint density at radius 1 is 0.426 bits per heavy atom. The standard InChI is InChI=1S/C33H45.C13H10.Sb/c1-30(2,3)26-16-24(17-27(20-26)31(4,5)6)22-13-14-23(15-22)25-18-28(32(7,8)9)21-29(19-25)33(10,11)12;1-3-7-12(8-4-1)11-13-9-5-2-6-10-13;/h13-21H,1-12H3;1-10H;. The van der Waals surface area contributed by atoms with E-state index in [4.69, 9.17) is 0 Å². The van der Waals surface area contributed by atoms with Crippen molar-refractivity contribution in [3.63, 3.8) is 0 Å². The van der Waals surface area contributed by atoms with Gasteiger partial charge >= 0.3 is 298 Å². The molecule has 47 heavy (non-hydrogen) atoms. The molecule has 0 spiro atoms. The van der Waals surface area contributed by atoms with Gasteiger partial charge in [0.2, 0.25) is 0 Å². The third-order valence-corrected chi connectivity index (χ3v) is 13.9. The number of allylic oxidation sites excluding steroid dienone is 4. The summed E-state index contributed by atoms with van der Waals surface area (Å²) in [6.45, 7) is 28.2. The molecule has 0 fully saturated rings. The van der Waals surface area contributed by atoms with Gasteiger partial charge in [0.05, 0.1) is 0 Å². The zero-order valence-corrected chi connectivity index (χ0v) is 33.5. The minimum atomic E-state index is -1.03. The van der Waals surface area contributed by atoms with Gasteiger partial charge in [-0.15, -0.1) is 0 Å². The van der Waals surface area contributed by atoms with Gasteiger partial charge in [-0.1, -0.05) is 0 Å². The van der Waals surface area contributed by atoms with Crippen molar-refractivity contribution in [3.8, 4) is 0 Å². The Kier molecular flexibility index (Phi) is 9.90. The van der Waals surface area contributed by atoms with Crippen molar-refractivity contribution in [2.75, 3.05) is 0 Å². The van der Waals surface area contributed by atoms with E-state index >= 15 is 0 Å². The molecular formula is C46H55Sb. The first kappa shape index (κ1) is 35.4. The first-order valence-corrected chi connectivity index (χ1v) is 20.0. The van der Waals surface area contributed by atoms with Crippen molar-refractivity contribution < 1.29 is 0 Å². The minimum absolute atomic E-state index is 0.0628. The molecule has 0 heterocycles. The number of rotatable bonds is 5. The normalized spacial score (nSPS) is 14.6. The predicted octanol–water partition coefficient (Wildman–Crippen LogP) is 12.1. The average Bonchev–Trinajstić information content (AvgIpc) is 3.42. The van der Waals surface area contributed by atoms with Crippen molar-refractivity contribution in [2.24, 2.45) is 0 Å². The van der Waals surface area contributed by atoms with Crippen LogP contribution in [0.5, 0.6) is 0 Å². The summed E-state index contributed by atoms with van der Waals surface area (Å²) in [5, 5.41) is 0. The van der Waals surface area contributed by atoms with Crippen LogP contribution in [0.4, 0.5) is 0 Å². The van der Waals surface area contributed by atoms with Gasteiger partial charge in [0.25, 0.3) is 0 Å². The summed E-state index contributed by atoms with van der Waals surface area (Å²) in [6.07, 6.45) is 4.94. The van der Waals surface area contributed by atoms with Gasteiger partial charge in [-0.25, -0.2) is 0 Å². The molecule has 4 aromatic carbocycles. The SMILES string of the molecule is CC(C)(C)c1cc(C2=CC=C(c3cc(C(C)(C)C)cc(C(C)(C)C)c3)[CH]2[Sb]=[C](c2ccccc2)c2ccccc2)cc(C(C)(C)C)c1. The van der Waals surface area contributed by atoms with Crippen LogP contribution in [0.2, 0.25) is 3.86 Å². The molecule has 0 aromatic heterocycles. The summed E-state index contributed by atoms with van der Waals surface area (Å²) in [5.41, 5.74) is 14.4. The van der Waals surface area contributed by atoms with Crippen molar-refractivity contribution >= 4 is 35.7 Å². The molecule has 0 nitrogen and oxygen atoms in total. The van der Waals surface area contributed by atoms with Crippen molar-refractivity contribution in [3.05, 3.63) is 154 Å². The van der Waals surface area contributed by atoms with Gasteiger partial charge in [0, 0.05) is 0 Å². The molecule has 1 aliphatic carbocycles. The third kappa shape index (κ3) is 8.20. The number of hydrogen-bond donors (Lipinski definition) is 0. The Hall–Kier alpha value is -2.95. The number of benzene rings is 4. The van der Waals surface area contributed by atoms with Crippen LogP contribution in [-0.4, -0.2) is 24.6 Å². The van der Waals surface area contributed by atoms with Crippen LogP contribution in [-0.2, 0) is 21.7 Å². The second-order valence-electron chi connectivity index (χ2n) is 17.5. The Labute approximate surface area is 296 Å². The Morgan fingerprint density at radius 2 is 0.723 bits per heavy atom. The summed E-state index contributed by atoms with van der Waals surface area (Å²) in [4.78, 5) is 0. The van der Waals surface area contributed by atoms with E-state index in [0.717, 1.165) is 0 Å². The molecule has 0 atom stereocenters. The molecule has 0 N–H and O–H groups in total. The summed E-state index contributed by atoms with van der Waals surface area (Å²) in [6, 6.07) is 37.2. The summed E-state index contributed by atoms with van der Waals surface area (Å²) in [5.74, 6) is 0. The zero-order valence-electron chi connectivity index (χ0n) is 30.9. The van der Waals surface area contributed by atoms with E-state index in [2.05, 4.69) is 192 Å². The fourth-order valence-corrected chi connectivity index (χ4v) is 10.7. The van der Waals surface area contributed by atoms with Crippen molar-refractivity contribution in [2.45, 2.75) is 109 Å². The van der Waals surface area contributed by atoms with E-state index in [1.165, 1.54) is 59.1 Å². The Balaban J connectivity index is 1.79. The first-order chi connectivity index (χ1) is 21.8. The van der Waals surface area contributed by atoms with Gasteiger partial charge < -0.3 is 0 Å². The van der Waals surface area contributed by atoms with Crippen LogP contribution < -0.4 is 0 Å².